The van der Waals surface area contributed by atoms with Gasteiger partial charge in [0, 0.05) is 16.7 Å². The number of carbonyl (C=O) groups excluding carboxylic acids is 1. The number of carbonyl (C=O) groups is 1. The van der Waals surface area contributed by atoms with Gasteiger partial charge in [-0.2, -0.15) is 0 Å². The quantitative estimate of drug-likeness (QED) is 0.653. The molecule has 2 N–H and O–H groups in total. The van der Waals surface area contributed by atoms with Gasteiger partial charge < -0.3 is 20.2 Å². The van der Waals surface area contributed by atoms with Gasteiger partial charge in [0.25, 0.3) is 0 Å². The molecule has 0 amide bonds. The van der Waals surface area contributed by atoms with Gasteiger partial charge in [-0.3, -0.25) is 0 Å². The Morgan fingerprint density at radius 2 is 1.83 bits per heavy atom. The van der Waals surface area contributed by atoms with Crippen LogP contribution in [-0.4, -0.2) is 31.0 Å². The largest absolute Gasteiger partial charge is 0.474 e. The Morgan fingerprint density at radius 1 is 1.07 bits per heavy atom. The molecule has 2 aliphatic rings. The number of ether oxygens (including phenoxy) is 1. The summed E-state index contributed by atoms with van der Waals surface area (Å²) in [5.41, 5.74) is 12.4. The van der Waals surface area contributed by atoms with E-state index in [0.717, 1.165) is 47.2 Å². The average Bonchev–Trinajstić information content (AvgIpc) is 2.78. The number of benzene rings is 2. The lowest BCUT2D eigenvalue weighted by molar-refractivity contribution is -0.106. The summed E-state index contributed by atoms with van der Waals surface area (Å²) >= 11 is 0. The molecule has 0 saturated heterocycles. The lowest BCUT2D eigenvalue weighted by Crippen LogP contribution is -2.43. The molecule has 5 rings (SSSR count). The Bertz CT molecular complexity index is 1060. The number of rotatable bonds is 5. The smallest absolute Gasteiger partial charge is 0.238 e. The lowest BCUT2D eigenvalue weighted by atomic mass is 9.72. The number of aldehydes is 1. The molecule has 5 heteroatoms. The fourth-order valence-corrected chi connectivity index (χ4v) is 4.34. The number of fused-ring (bicyclic) bond motifs is 1. The summed E-state index contributed by atoms with van der Waals surface area (Å²) in [5.74, 6) is 0.580. The molecule has 1 fully saturated rings. The van der Waals surface area contributed by atoms with Gasteiger partial charge in [0.2, 0.25) is 5.88 Å². The Labute approximate surface area is 176 Å². The molecule has 0 bridgehead atoms. The number of anilines is 1. The molecule has 152 valence electrons. The van der Waals surface area contributed by atoms with Crippen molar-refractivity contribution in [3.63, 3.8) is 0 Å². The van der Waals surface area contributed by atoms with Crippen molar-refractivity contribution in [1.82, 2.24) is 4.98 Å². The van der Waals surface area contributed by atoms with Gasteiger partial charge >= 0.3 is 0 Å². The molecular formula is C25H25N3O2. The van der Waals surface area contributed by atoms with Crippen molar-refractivity contribution >= 4 is 12.0 Å². The summed E-state index contributed by atoms with van der Waals surface area (Å²) in [6, 6.07) is 20.8. The minimum Gasteiger partial charge on any atom is -0.474 e. The maximum atomic E-state index is 11.2. The van der Waals surface area contributed by atoms with Crippen molar-refractivity contribution in [2.75, 3.05) is 24.6 Å². The number of pyridine rings is 1. The highest BCUT2D eigenvalue weighted by Crippen LogP contribution is 2.42. The summed E-state index contributed by atoms with van der Waals surface area (Å²) in [6.45, 7) is 1.53. The first kappa shape index (κ1) is 18.8. The van der Waals surface area contributed by atoms with Gasteiger partial charge in [0.1, 0.15) is 18.6 Å². The van der Waals surface area contributed by atoms with Crippen LogP contribution in [0, 0.1) is 0 Å². The topological polar surface area (TPSA) is 68.5 Å². The predicted octanol–water partition coefficient (Wildman–Crippen LogP) is 4.15. The minimum absolute atomic E-state index is 0.178. The molecule has 1 aromatic heterocycles. The third-order valence-electron chi connectivity index (χ3n) is 6.27. The number of nitrogens with two attached hydrogens (primary N) is 1. The van der Waals surface area contributed by atoms with Gasteiger partial charge in [0.15, 0.2) is 0 Å². The van der Waals surface area contributed by atoms with Crippen LogP contribution >= 0.6 is 0 Å². The van der Waals surface area contributed by atoms with Crippen LogP contribution in [0.5, 0.6) is 5.88 Å². The van der Waals surface area contributed by atoms with Gasteiger partial charge in [0.05, 0.1) is 18.8 Å². The molecule has 1 saturated carbocycles. The van der Waals surface area contributed by atoms with Crippen molar-refractivity contribution in [3.05, 3.63) is 66.2 Å². The SMILES string of the molecule is NC1(c2ccc(-c3nc4c(cc3-c3ccccc3)N(CC=O)CCO4)cc2)CCC1. The Morgan fingerprint density at radius 3 is 2.50 bits per heavy atom. The Balaban J connectivity index is 1.62. The first-order valence-electron chi connectivity index (χ1n) is 10.5. The maximum Gasteiger partial charge on any atom is 0.238 e. The summed E-state index contributed by atoms with van der Waals surface area (Å²) in [5, 5.41) is 0. The Kier molecular flexibility index (Phi) is 4.75. The lowest BCUT2D eigenvalue weighted by Gasteiger charge is -2.38. The molecule has 1 aliphatic carbocycles. The van der Waals surface area contributed by atoms with E-state index in [1.165, 1.54) is 12.0 Å². The zero-order valence-corrected chi connectivity index (χ0v) is 16.9. The second kappa shape index (κ2) is 7.58. The van der Waals surface area contributed by atoms with E-state index >= 15 is 0 Å². The molecule has 5 nitrogen and oxygen atoms in total. The second-order valence-corrected chi connectivity index (χ2v) is 8.12. The van der Waals surface area contributed by atoms with E-state index in [1.54, 1.807) is 0 Å². The third-order valence-corrected chi connectivity index (χ3v) is 6.27. The van der Waals surface area contributed by atoms with Gasteiger partial charge in [-0.25, -0.2) is 4.98 Å². The minimum atomic E-state index is -0.178. The molecule has 2 heterocycles. The Hall–Kier alpha value is -3.18. The molecule has 0 radical (unpaired) electrons. The van der Waals surface area contributed by atoms with E-state index in [0.29, 0.717) is 25.6 Å². The zero-order chi connectivity index (χ0) is 20.6. The van der Waals surface area contributed by atoms with Crippen molar-refractivity contribution < 1.29 is 9.53 Å². The monoisotopic (exact) mass is 399 g/mol. The number of hydrogen-bond donors (Lipinski definition) is 1. The van der Waals surface area contributed by atoms with Crippen molar-refractivity contribution in [2.45, 2.75) is 24.8 Å². The molecule has 2 aromatic carbocycles. The van der Waals surface area contributed by atoms with Crippen LogP contribution in [0.2, 0.25) is 0 Å². The van der Waals surface area contributed by atoms with Crippen LogP contribution in [0.15, 0.2) is 60.7 Å². The average molecular weight is 399 g/mol. The molecule has 3 aromatic rings. The first-order valence-corrected chi connectivity index (χ1v) is 10.5. The van der Waals surface area contributed by atoms with Gasteiger partial charge in [-0.05, 0) is 36.5 Å². The van der Waals surface area contributed by atoms with Crippen molar-refractivity contribution in [1.29, 1.82) is 0 Å². The fourth-order valence-electron chi connectivity index (χ4n) is 4.34. The summed E-state index contributed by atoms with van der Waals surface area (Å²) in [4.78, 5) is 18.1. The van der Waals surface area contributed by atoms with E-state index in [1.807, 2.05) is 23.1 Å². The number of nitrogens with zero attached hydrogens (tertiary/aromatic N) is 2. The normalized spacial score (nSPS) is 16.9. The third kappa shape index (κ3) is 3.25. The predicted molar refractivity (Wildman–Crippen MR) is 119 cm³/mol. The molecule has 0 unspecified atom stereocenters. The van der Waals surface area contributed by atoms with Crippen LogP contribution in [0.4, 0.5) is 5.69 Å². The first-order chi connectivity index (χ1) is 14.7. The van der Waals surface area contributed by atoms with Crippen LogP contribution in [0.1, 0.15) is 24.8 Å². The van der Waals surface area contributed by atoms with Crippen LogP contribution < -0.4 is 15.4 Å². The van der Waals surface area contributed by atoms with E-state index in [9.17, 15) is 4.79 Å². The standard InChI is InChI=1S/C25H25N3O2/c26-25(11-4-12-25)20-9-7-19(8-10-20)23-21(18-5-2-1-3-6-18)17-22-24(27-23)30-16-14-28(22)13-15-29/h1-3,5-10,15,17H,4,11-14,16,26H2. The highest BCUT2D eigenvalue weighted by Gasteiger charge is 2.34. The second-order valence-electron chi connectivity index (χ2n) is 8.12. The van der Waals surface area contributed by atoms with Crippen molar-refractivity contribution in [2.24, 2.45) is 5.73 Å². The molecule has 0 atom stereocenters. The highest BCUT2D eigenvalue weighted by atomic mass is 16.5. The fraction of sp³-hybridized carbons (Fsp3) is 0.280. The molecular weight excluding hydrogens is 374 g/mol. The van der Waals surface area contributed by atoms with Gasteiger partial charge in [-0.1, -0.05) is 54.6 Å². The summed E-state index contributed by atoms with van der Waals surface area (Å²) < 4.78 is 5.87. The van der Waals surface area contributed by atoms with Crippen LogP contribution in [0.25, 0.3) is 22.4 Å². The number of hydrogen-bond acceptors (Lipinski definition) is 5. The molecule has 1 aliphatic heterocycles. The molecule has 0 spiro atoms. The van der Waals surface area contributed by atoms with E-state index in [4.69, 9.17) is 15.5 Å². The summed E-state index contributed by atoms with van der Waals surface area (Å²) in [7, 11) is 0. The van der Waals surface area contributed by atoms with Gasteiger partial charge in [-0.15, -0.1) is 0 Å². The zero-order valence-electron chi connectivity index (χ0n) is 16.9. The van der Waals surface area contributed by atoms with Crippen molar-refractivity contribution in [3.8, 4) is 28.3 Å². The van der Waals surface area contributed by atoms with E-state index < -0.39 is 0 Å². The van der Waals surface area contributed by atoms with E-state index in [2.05, 4.69) is 42.5 Å². The van der Waals surface area contributed by atoms with E-state index in [-0.39, 0.29) is 5.54 Å². The highest BCUT2D eigenvalue weighted by molar-refractivity contribution is 5.85. The number of aromatic nitrogens is 1. The summed E-state index contributed by atoms with van der Waals surface area (Å²) in [6.07, 6.45) is 4.20. The maximum absolute atomic E-state index is 11.2. The molecule has 30 heavy (non-hydrogen) atoms. The van der Waals surface area contributed by atoms with Crippen LogP contribution in [-0.2, 0) is 10.3 Å². The van der Waals surface area contributed by atoms with Crippen LogP contribution in [0.3, 0.4) is 0 Å².